The Hall–Kier alpha value is -4.07. The van der Waals surface area contributed by atoms with E-state index in [4.69, 9.17) is 18.4 Å². The predicted octanol–water partition coefficient (Wildman–Crippen LogP) is 4.26. The molecule has 1 aliphatic rings. The molecule has 168 valence electrons. The Balaban J connectivity index is 1.24. The summed E-state index contributed by atoms with van der Waals surface area (Å²) in [6.45, 7) is 1.04. The number of carbonyl (C=O) groups is 1. The first kappa shape index (κ1) is 20.8. The molecular formula is C25H23N3O5. The second-order valence-corrected chi connectivity index (χ2v) is 7.71. The van der Waals surface area contributed by atoms with Crippen molar-refractivity contribution in [3.63, 3.8) is 0 Å². The van der Waals surface area contributed by atoms with Crippen molar-refractivity contribution in [3.8, 4) is 22.9 Å². The molecule has 5 rings (SSSR count). The molecule has 0 unspecified atom stereocenters. The lowest BCUT2D eigenvalue weighted by molar-refractivity contribution is -0.132. The monoisotopic (exact) mass is 445 g/mol. The number of aryl methyl sites for hydroxylation is 1. The lowest BCUT2D eigenvalue weighted by Gasteiger charge is -2.21. The van der Waals surface area contributed by atoms with Gasteiger partial charge in [0.25, 0.3) is 0 Å². The smallest absolute Gasteiger partial charge is 0.231 e. The van der Waals surface area contributed by atoms with Gasteiger partial charge in [-0.3, -0.25) is 4.79 Å². The van der Waals surface area contributed by atoms with E-state index in [1.807, 2.05) is 60.7 Å². The summed E-state index contributed by atoms with van der Waals surface area (Å²) in [5.41, 5.74) is 1.91. The summed E-state index contributed by atoms with van der Waals surface area (Å²) in [6, 6.07) is 19.2. The van der Waals surface area contributed by atoms with Gasteiger partial charge in [-0.25, -0.2) is 0 Å². The van der Waals surface area contributed by atoms with Crippen LogP contribution in [0.15, 0.2) is 75.9 Å². The molecule has 1 aliphatic heterocycles. The Morgan fingerprint density at radius 2 is 1.85 bits per heavy atom. The van der Waals surface area contributed by atoms with Gasteiger partial charge in [0.1, 0.15) is 5.76 Å². The van der Waals surface area contributed by atoms with Crippen LogP contribution in [0.4, 0.5) is 0 Å². The molecule has 4 aromatic rings. The number of hydrogen-bond acceptors (Lipinski definition) is 7. The lowest BCUT2D eigenvalue weighted by Crippen LogP contribution is -2.32. The average molecular weight is 445 g/mol. The van der Waals surface area contributed by atoms with Crippen molar-refractivity contribution in [2.75, 3.05) is 13.3 Å². The molecule has 33 heavy (non-hydrogen) atoms. The van der Waals surface area contributed by atoms with Crippen LogP contribution in [0.2, 0.25) is 0 Å². The number of amides is 1. The Labute approximate surface area is 190 Å². The van der Waals surface area contributed by atoms with E-state index in [1.54, 1.807) is 11.2 Å². The highest BCUT2D eigenvalue weighted by Gasteiger charge is 2.19. The summed E-state index contributed by atoms with van der Waals surface area (Å²) >= 11 is 0. The number of benzene rings is 2. The van der Waals surface area contributed by atoms with Crippen LogP contribution < -0.4 is 9.47 Å². The third kappa shape index (κ3) is 5.06. The molecule has 2 aromatic heterocycles. The molecule has 8 heteroatoms. The van der Waals surface area contributed by atoms with Crippen LogP contribution in [0.3, 0.4) is 0 Å². The number of furan rings is 1. The van der Waals surface area contributed by atoms with E-state index >= 15 is 0 Å². The molecule has 0 atom stereocenters. The zero-order valence-corrected chi connectivity index (χ0v) is 18.0. The van der Waals surface area contributed by atoms with Gasteiger partial charge in [-0.15, -0.1) is 0 Å². The first-order valence-corrected chi connectivity index (χ1v) is 10.8. The van der Waals surface area contributed by atoms with Crippen molar-refractivity contribution in [2.45, 2.75) is 25.8 Å². The number of aromatic nitrogens is 2. The van der Waals surface area contributed by atoms with Crippen LogP contribution in [0, 0.1) is 0 Å². The number of hydrogen-bond donors (Lipinski definition) is 0. The molecule has 0 fully saturated rings. The van der Waals surface area contributed by atoms with E-state index in [-0.39, 0.29) is 12.7 Å². The first-order chi connectivity index (χ1) is 16.2. The van der Waals surface area contributed by atoms with Gasteiger partial charge in [0.2, 0.25) is 24.4 Å². The van der Waals surface area contributed by atoms with Crippen LogP contribution in [0.5, 0.6) is 11.5 Å². The fraction of sp³-hybridized carbons (Fsp3) is 0.240. The molecule has 8 nitrogen and oxygen atoms in total. The van der Waals surface area contributed by atoms with Gasteiger partial charge in [-0.05, 0) is 42.3 Å². The van der Waals surface area contributed by atoms with Gasteiger partial charge in [0, 0.05) is 24.9 Å². The quantitative estimate of drug-likeness (QED) is 0.380. The summed E-state index contributed by atoms with van der Waals surface area (Å²) < 4.78 is 21.7. The van der Waals surface area contributed by atoms with Crippen LogP contribution in [0.25, 0.3) is 11.4 Å². The third-order valence-electron chi connectivity index (χ3n) is 5.44. The van der Waals surface area contributed by atoms with Crippen molar-refractivity contribution in [2.24, 2.45) is 0 Å². The molecule has 0 saturated carbocycles. The maximum atomic E-state index is 13.0. The fourth-order valence-electron chi connectivity index (χ4n) is 3.68. The van der Waals surface area contributed by atoms with Crippen molar-refractivity contribution in [1.82, 2.24) is 15.0 Å². The van der Waals surface area contributed by atoms with Crippen molar-refractivity contribution in [3.05, 3.63) is 84.1 Å². The Morgan fingerprint density at radius 1 is 0.970 bits per heavy atom. The van der Waals surface area contributed by atoms with Gasteiger partial charge in [0.15, 0.2) is 11.5 Å². The molecule has 0 spiro atoms. The SMILES string of the molecule is O=C(CCc1ccccc1)N(CCc1nc(-c2ccc3c(c2)OCO3)no1)Cc1ccco1. The topological polar surface area (TPSA) is 90.8 Å². The van der Waals surface area contributed by atoms with Crippen LogP contribution in [0.1, 0.15) is 23.6 Å². The van der Waals surface area contributed by atoms with E-state index in [9.17, 15) is 4.79 Å². The summed E-state index contributed by atoms with van der Waals surface area (Å²) in [6.07, 6.45) is 3.15. The number of nitrogens with zero attached hydrogens (tertiary/aromatic N) is 3. The van der Waals surface area contributed by atoms with E-state index < -0.39 is 0 Å². The van der Waals surface area contributed by atoms with Gasteiger partial charge in [-0.1, -0.05) is 35.5 Å². The highest BCUT2D eigenvalue weighted by molar-refractivity contribution is 5.76. The highest BCUT2D eigenvalue weighted by Crippen LogP contribution is 2.35. The largest absolute Gasteiger partial charge is 0.467 e. The number of carbonyl (C=O) groups excluding carboxylic acids is 1. The highest BCUT2D eigenvalue weighted by atomic mass is 16.7. The molecule has 0 N–H and O–H groups in total. The summed E-state index contributed by atoms with van der Waals surface area (Å²) in [5, 5.41) is 4.08. The summed E-state index contributed by atoms with van der Waals surface area (Å²) in [4.78, 5) is 19.3. The Bertz CT molecular complexity index is 1200. The van der Waals surface area contributed by atoms with Gasteiger partial charge in [-0.2, -0.15) is 4.98 Å². The van der Waals surface area contributed by atoms with E-state index in [0.717, 1.165) is 16.9 Å². The number of fused-ring (bicyclic) bond motifs is 1. The molecule has 1 amide bonds. The minimum absolute atomic E-state index is 0.0470. The third-order valence-corrected chi connectivity index (χ3v) is 5.44. The van der Waals surface area contributed by atoms with Gasteiger partial charge in [0.05, 0.1) is 12.8 Å². The second kappa shape index (κ2) is 9.60. The molecule has 0 saturated heterocycles. The summed E-state index contributed by atoms with van der Waals surface area (Å²) in [7, 11) is 0. The van der Waals surface area contributed by atoms with Crippen molar-refractivity contribution in [1.29, 1.82) is 0 Å². The first-order valence-electron chi connectivity index (χ1n) is 10.8. The lowest BCUT2D eigenvalue weighted by atomic mass is 10.1. The minimum Gasteiger partial charge on any atom is -0.467 e. The predicted molar refractivity (Wildman–Crippen MR) is 118 cm³/mol. The van der Waals surface area contributed by atoms with Gasteiger partial charge < -0.3 is 23.3 Å². The van der Waals surface area contributed by atoms with E-state index in [1.165, 1.54) is 0 Å². The van der Waals surface area contributed by atoms with E-state index in [2.05, 4.69) is 10.1 Å². The van der Waals surface area contributed by atoms with Crippen LogP contribution >= 0.6 is 0 Å². The summed E-state index contributed by atoms with van der Waals surface area (Å²) in [5.74, 6) is 3.07. The Morgan fingerprint density at radius 3 is 2.70 bits per heavy atom. The zero-order valence-electron chi connectivity index (χ0n) is 18.0. The normalized spacial score (nSPS) is 12.1. The number of ether oxygens (including phenoxy) is 2. The van der Waals surface area contributed by atoms with Crippen molar-refractivity contribution >= 4 is 5.91 Å². The minimum atomic E-state index is 0.0470. The number of rotatable bonds is 9. The average Bonchev–Trinajstić information content (AvgIpc) is 3.62. The van der Waals surface area contributed by atoms with E-state index in [0.29, 0.717) is 55.6 Å². The van der Waals surface area contributed by atoms with Crippen molar-refractivity contribution < 1.29 is 23.2 Å². The maximum Gasteiger partial charge on any atom is 0.231 e. The van der Waals surface area contributed by atoms with Crippen LogP contribution in [-0.2, 0) is 24.2 Å². The molecule has 0 aliphatic carbocycles. The Kier molecular flexibility index (Phi) is 6.06. The maximum absolute atomic E-state index is 13.0. The van der Waals surface area contributed by atoms with Crippen LogP contribution in [-0.4, -0.2) is 34.3 Å². The fourth-order valence-corrected chi connectivity index (χ4v) is 3.68. The molecular weight excluding hydrogens is 422 g/mol. The standard InChI is InChI=1S/C25H23N3O5/c29-24(11-8-18-5-2-1-3-6-18)28(16-20-7-4-14-30-20)13-12-23-26-25(27-33-23)19-9-10-21-22(15-19)32-17-31-21/h1-7,9-10,14-15H,8,11-13,16-17H2. The zero-order chi connectivity index (χ0) is 22.5. The molecule has 3 heterocycles. The van der Waals surface area contributed by atoms with Gasteiger partial charge >= 0.3 is 0 Å². The molecule has 2 aromatic carbocycles. The molecule has 0 radical (unpaired) electrons. The second-order valence-electron chi connectivity index (χ2n) is 7.71. The molecule has 0 bridgehead atoms.